The fourth-order valence-corrected chi connectivity index (χ4v) is 2.51. The van der Waals surface area contributed by atoms with Crippen LogP contribution >= 0.6 is 39.1 Å². The minimum Gasteiger partial charge on any atom is -0.381 e. The van der Waals surface area contributed by atoms with Gasteiger partial charge in [-0.3, -0.25) is 0 Å². The van der Waals surface area contributed by atoms with E-state index in [1.54, 1.807) is 12.1 Å². The molecule has 0 aliphatic carbocycles. The molecular formula is C15H14BrCl2N. The molecule has 0 aromatic heterocycles. The number of hydrogen-bond donors (Lipinski definition) is 1. The normalized spacial score (nSPS) is 12.2. The van der Waals surface area contributed by atoms with Crippen LogP contribution in [-0.2, 0) is 6.42 Å². The minimum absolute atomic E-state index is 0.275. The highest BCUT2D eigenvalue weighted by Crippen LogP contribution is 2.26. The van der Waals surface area contributed by atoms with Crippen molar-refractivity contribution in [2.24, 2.45) is 0 Å². The van der Waals surface area contributed by atoms with E-state index in [-0.39, 0.29) is 6.04 Å². The third-order valence-electron chi connectivity index (χ3n) is 2.79. The van der Waals surface area contributed by atoms with Gasteiger partial charge >= 0.3 is 0 Å². The van der Waals surface area contributed by atoms with Crippen molar-refractivity contribution in [2.45, 2.75) is 19.4 Å². The van der Waals surface area contributed by atoms with Gasteiger partial charge in [0.1, 0.15) is 0 Å². The predicted molar refractivity (Wildman–Crippen MR) is 87.4 cm³/mol. The van der Waals surface area contributed by atoms with Crippen LogP contribution in [0.5, 0.6) is 0 Å². The van der Waals surface area contributed by atoms with Crippen molar-refractivity contribution < 1.29 is 0 Å². The van der Waals surface area contributed by atoms with Gasteiger partial charge in [0, 0.05) is 15.5 Å². The van der Waals surface area contributed by atoms with E-state index in [0.29, 0.717) is 10.0 Å². The average Bonchev–Trinajstić information content (AvgIpc) is 2.37. The van der Waals surface area contributed by atoms with Gasteiger partial charge < -0.3 is 5.32 Å². The molecule has 100 valence electrons. The monoisotopic (exact) mass is 357 g/mol. The van der Waals surface area contributed by atoms with Gasteiger partial charge in [-0.2, -0.15) is 0 Å². The van der Waals surface area contributed by atoms with Crippen molar-refractivity contribution in [1.29, 1.82) is 0 Å². The van der Waals surface area contributed by atoms with Crippen LogP contribution in [0.2, 0.25) is 10.0 Å². The lowest BCUT2D eigenvalue weighted by Crippen LogP contribution is -2.18. The fourth-order valence-electron chi connectivity index (χ4n) is 1.90. The second-order valence-electron chi connectivity index (χ2n) is 4.50. The van der Waals surface area contributed by atoms with Gasteiger partial charge in [-0.1, -0.05) is 51.3 Å². The molecule has 1 N–H and O–H groups in total. The Balaban J connectivity index is 2.02. The summed E-state index contributed by atoms with van der Waals surface area (Å²) in [6, 6.07) is 14.0. The number of anilines is 1. The molecule has 0 fully saturated rings. The highest BCUT2D eigenvalue weighted by molar-refractivity contribution is 9.10. The third kappa shape index (κ3) is 4.41. The zero-order chi connectivity index (χ0) is 13.8. The number of halogens is 3. The van der Waals surface area contributed by atoms with E-state index in [0.717, 1.165) is 16.6 Å². The van der Waals surface area contributed by atoms with E-state index in [4.69, 9.17) is 23.2 Å². The van der Waals surface area contributed by atoms with Gasteiger partial charge in [0.15, 0.2) is 0 Å². The standard InChI is InChI=1S/C15H14BrCl2N/c1-10(8-11-2-4-12(16)5-3-11)19-15-9-13(17)6-7-14(15)18/h2-7,9-10,19H,8H2,1H3. The van der Waals surface area contributed by atoms with Crippen LogP contribution in [0.25, 0.3) is 0 Å². The van der Waals surface area contributed by atoms with Crippen molar-refractivity contribution in [3.05, 3.63) is 62.5 Å². The molecule has 1 nitrogen and oxygen atoms in total. The summed E-state index contributed by atoms with van der Waals surface area (Å²) in [5, 5.41) is 4.76. The van der Waals surface area contributed by atoms with Crippen molar-refractivity contribution >= 4 is 44.8 Å². The fraction of sp³-hybridized carbons (Fsp3) is 0.200. The number of rotatable bonds is 4. The summed E-state index contributed by atoms with van der Waals surface area (Å²) in [7, 11) is 0. The van der Waals surface area contributed by atoms with Crippen LogP contribution in [0, 0.1) is 0 Å². The van der Waals surface area contributed by atoms with Gasteiger partial charge in [0.2, 0.25) is 0 Å². The Bertz CT molecular complexity index is 555. The lowest BCUT2D eigenvalue weighted by Gasteiger charge is -2.16. The number of benzene rings is 2. The van der Waals surface area contributed by atoms with Crippen LogP contribution in [0.4, 0.5) is 5.69 Å². The molecule has 0 aliphatic rings. The highest BCUT2D eigenvalue weighted by atomic mass is 79.9. The molecule has 2 rings (SSSR count). The maximum absolute atomic E-state index is 6.14. The SMILES string of the molecule is CC(Cc1ccc(Br)cc1)Nc1cc(Cl)ccc1Cl. The van der Waals surface area contributed by atoms with Crippen LogP contribution in [0.3, 0.4) is 0 Å². The largest absolute Gasteiger partial charge is 0.381 e. The summed E-state index contributed by atoms with van der Waals surface area (Å²) in [5.74, 6) is 0. The van der Waals surface area contributed by atoms with Crippen LogP contribution in [0.15, 0.2) is 46.9 Å². The Morgan fingerprint density at radius 3 is 2.47 bits per heavy atom. The van der Waals surface area contributed by atoms with Gasteiger partial charge in [0.25, 0.3) is 0 Å². The topological polar surface area (TPSA) is 12.0 Å². The highest BCUT2D eigenvalue weighted by Gasteiger charge is 2.07. The lowest BCUT2D eigenvalue weighted by atomic mass is 10.1. The molecule has 0 aliphatic heterocycles. The first-order chi connectivity index (χ1) is 9.04. The van der Waals surface area contributed by atoms with Crippen molar-refractivity contribution in [2.75, 3.05) is 5.32 Å². The molecule has 0 radical (unpaired) electrons. The summed E-state index contributed by atoms with van der Waals surface area (Å²) in [5.41, 5.74) is 2.15. The summed E-state index contributed by atoms with van der Waals surface area (Å²) in [6.45, 7) is 2.12. The molecule has 1 unspecified atom stereocenters. The quantitative estimate of drug-likeness (QED) is 0.728. The molecule has 2 aromatic carbocycles. The Morgan fingerprint density at radius 2 is 1.79 bits per heavy atom. The second kappa shape index (κ2) is 6.65. The summed E-state index contributed by atoms with van der Waals surface area (Å²) in [6.07, 6.45) is 0.927. The molecule has 0 bridgehead atoms. The van der Waals surface area contributed by atoms with Crippen LogP contribution in [0.1, 0.15) is 12.5 Å². The molecule has 0 saturated carbocycles. The Hall–Kier alpha value is -0.700. The van der Waals surface area contributed by atoms with Gasteiger partial charge in [0.05, 0.1) is 10.7 Å². The van der Waals surface area contributed by atoms with E-state index in [9.17, 15) is 0 Å². The summed E-state index contributed by atoms with van der Waals surface area (Å²) >= 11 is 15.5. The second-order valence-corrected chi connectivity index (χ2v) is 6.26. The van der Waals surface area contributed by atoms with Gasteiger partial charge in [-0.05, 0) is 49.2 Å². The van der Waals surface area contributed by atoms with E-state index >= 15 is 0 Å². The van der Waals surface area contributed by atoms with Crippen LogP contribution in [-0.4, -0.2) is 6.04 Å². The van der Waals surface area contributed by atoms with E-state index in [1.165, 1.54) is 5.56 Å². The zero-order valence-electron chi connectivity index (χ0n) is 10.5. The maximum atomic E-state index is 6.14. The first kappa shape index (κ1) is 14.7. The minimum atomic E-state index is 0.275. The number of hydrogen-bond acceptors (Lipinski definition) is 1. The third-order valence-corrected chi connectivity index (χ3v) is 3.88. The Kier molecular flexibility index (Phi) is 5.14. The zero-order valence-corrected chi connectivity index (χ0v) is 13.6. The van der Waals surface area contributed by atoms with Crippen molar-refractivity contribution in [3.8, 4) is 0 Å². The van der Waals surface area contributed by atoms with Crippen LogP contribution < -0.4 is 5.32 Å². The molecule has 0 spiro atoms. The Morgan fingerprint density at radius 1 is 1.11 bits per heavy atom. The van der Waals surface area contributed by atoms with E-state index in [2.05, 4.69) is 52.4 Å². The first-order valence-electron chi connectivity index (χ1n) is 6.00. The molecular weight excluding hydrogens is 345 g/mol. The van der Waals surface area contributed by atoms with Crippen molar-refractivity contribution in [3.63, 3.8) is 0 Å². The molecule has 2 aromatic rings. The van der Waals surface area contributed by atoms with Crippen molar-refractivity contribution in [1.82, 2.24) is 0 Å². The molecule has 19 heavy (non-hydrogen) atoms. The molecule has 0 saturated heterocycles. The van der Waals surface area contributed by atoms with E-state index in [1.807, 2.05) is 6.07 Å². The predicted octanol–water partition coefficient (Wildman–Crippen LogP) is 5.80. The number of nitrogens with one attached hydrogen (secondary N) is 1. The molecule has 0 amide bonds. The first-order valence-corrected chi connectivity index (χ1v) is 7.55. The lowest BCUT2D eigenvalue weighted by molar-refractivity contribution is 0.790. The molecule has 0 heterocycles. The average molecular weight is 359 g/mol. The van der Waals surface area contributed by atoms with E-state index < -0.39 is 0 Å². The summed E-state index contributed by atoms with van der Waals surface area (Å²) < 4.78 is 1.09. The van der Waals surface area contributed by atoms with Gasteiger partial charge in [-0.25, -0.2) is 0 Å². The van der Waals surface area contributed by atoms with Gasteiger partial charge in [-0.15, -0.1) is 0 Å². The Labute approximate surface area is 132 Å². The molecule has 1 atom stereocenters. The maximum Gasteiger partial charge on any atom is 0.0638 e. The summed E-state index contributed by atoms with van der Waals surface area (Å²) in [4.78, 5) is 0. The smallest absolute Gasteiger partial charge is 0.0638 e. The molecule has 4 heteroatoms.